The van der Waals surface area contributed by atoms with Crippen molar-refractivity contribution in [3.05, 3.63) is 11.8 Å². The third-order valence-corrected chi connectivity index (χ3v) is 2.11. The fourth-order valence-corrected chi connectivity index (χ4v) is 1.48. The predicted molar refractivity (Wildman–Crippen MR) is 38.7 cm³/mol. The summed E-state index contributed by atoms with van der Waals surface area (Å²) in [7, 11) is 0. The van der Waals surface area contributed by atoms with E-state index in [9.17, 15) is 4.79 Å². The Balaban J connectivity index is 2.85. The molecule has 0 aliphatic heterocycles. The fraction of sp³-hybridized carbons (Fsp3) is 0.625. The van der Waals surface area contributed by atoms with E-state index in [2.05, 4.69) is 0 Å². The molecular formula is C8H12O2. The van der Waals surface area contributed by atoms with E-state index in [-0.39, 0.29) is 17.6 Å². The van der Waals surface area contributed by atoms with Crippen LogP contribution in [0.1, 0.15) is 20.3 Å². The van der Waals surface area contributed by atoms with Crippen LogP contribution in [0.4, 0.5) is 0 Å². The van der Waals surface area contributed by atoms with E-state index in [0.717, 1.165) is 12.7 Å². The smallest absolute Gasteiger partial charge is 0.164 e. The lowest BCUT2D eigenvalue weighted by molar-refractivity contribution is -0.117. The van der Waals surface area contributed by atoms with Gasteiger partial charge in [0, 0.05) is 11.5 Å². The largest absolute Gasteiger partial charge is 0.515 e. The number of Topliss-reactive ketones (excluding diaryl/α,β-unsaturated/α-hetero) is 1. The second kappa shape index (κ2) is 2.45. The van der Waals surface area contributed by atoms with Crippen LogP contribution in [0.5, 0.6) is 0 Å². The molecule has 1 fully saturated rings. The second-order valence-corrected chi connectivity index (χ2v) is 2.99. The van der Waals surface area contributed by atoms with Crippen molar-refractivity contribution in [1.29, 1.82) is 0 Å². The van der Waals surface area contributed by atoms with E-state index in [1.54, 1.807) is 0 Å². The zero-order valence-corrected chi connectivity index (χ0v) is 6.29. The molecule has 0 aromatic rings. The Morgan fingerprint density at radius 2 is 2.10 bits per heavy atom. The molecule has 0 heterocycles. The van der Waals surface area contributed by atoms with Crippen molar-refractivity contribution in [3.63, 3.8) is 0 Å². The minimum absolute atomic E-state index is 0.105. The lowest BCUT2D eigenvalue weighted by Gasteiger charge is -1.97. The third kappa shape index (κ3) is 0.939. The minimum atomic E-state index is 0.105. The first kappa shape index (κ1) is 7.32. The Labute approximate surface area is 60.6 Å². The zero-order valence-electron chi connectivity index (χ0n) is 6.29. The summed E-state index contributed by atoms with van der Waals surface area (Å²) < 4.78 is 0. The first-order valence-electron chi connectivity index (χ1n) is 3.55. The monoisotopic (exact) mass is 140 g/mol. The number of aliphatic hydroxyl groups excluding tert-OH is 1. The van der Waals surface area contributed by atoms with Crippen LogP contribution >= 0.6 is 0 Å². The summed E-state index contributed by atoms with van der Waals surface area (Å²) in [5.41, 5.74) is 0.590. The van der Waals surface area contributed by atoms with Crippen LogP contribution in [-0.4, -0.2) is 10.9 Å². The first-order valence-corrected chi connectivity index (χ1v) is 3.55. The molecule has 0 bridgehead atoms. The highest BCUT2D eigenvalue weighted by Crippen LogP contribution is 2.31. The van der Waals surface area contributed by atoms with Crippen LogP contribution in [0.2, 0.25) is 0 Å². The summed E-state index contributed by atoms with van der Waals surface area (Å²) in [5, 5.41) is 8.64. The van der Waals surface area contributed by atoms with Gasteiger partial charge in [-0.25, -0.2) is 0 Å². The summed E-state index contributed by atoms with van der Waals surface area (Å²) in [5.74, 6) is 0.455. The lowest BCUT2D eigenvalue weighted by atomic mass is 10.1. The summed E-state index contributed by atoms with van der Waals surface area (Å²) >= 11 is 0. The van der Waals surface area contributed by atoms with Gasteiger partial charge in [0.1, 0.15) is 0 Å². The number of allylic oxidation sites excluding steroid dienone is 1. The average Bonchev–Trinajstić information content (AvgIpc) is 2.09. The van der Waals surface area contributed by atoms with Gasteiger partial charge in [-0.1, -0.05) is 13.8 Å². The Hall–Kier alpha value is -0.790. The van der Waals surface area contributed by atoms with Crippen molar-refractivity contribution in [2.24, 2.45) is 11.8 Å². The maximum atomic E-state index is 11.1. The third-order valence-electron chi connectivity index (χ3n) is 2.11. The maximum Gasteiger partial charge on any atom is 0.164 e. The summed E-state index contributed by atoms with van der Waals surface area (Å²) in [6, 6.07) is 0. The van der Waals surface area contributed by atoms with Gasteiger partial charge in [0.05, 0.1) is 6.26 Å². The van der Waals surface area contributed by atoms with E-state index in [1.807, 2.05) is 13.8 Å². The Bertz CT molecular complexity index is 182. The van der Waals surface area contributed by atoms with Gasteiger partial charge < -0.3 is 5.11 Å². The van der Waals surface area contributed by atoms with Crippen LogP contribution < -0.4 is 0 Å². The maximum absolute atomic E-state index is 11.1. The molecule has 2 heteroatoms. The molecule has 2 unspecified atom stereocenters. The van der Waals surface area contributed by atoms with Crippen molar-refractivity contribution >= 4 is 5.78 Å². The van der Waals surface area contributed by atoms with Crippen LogP contribution in [0.25, 0.3) is 0 Å². The average molecular weight is 140 g/mol. The first-order chi connectivity index (χ1) is 4.66. The Kier molecular flexibility index (Phi) is 1.79. The van der Waals surface area contributed by atoms with Gasteiger partial charge in [-0.3, -0.25) is 4.79 Å². The van der Waals surface area contributed by atoms with Gasteiger partial charge in [-0.15, -0.1) is 0 Å². The van der Waals surface area contributed by atoms with E-state index < -0.39 is 0 Å². The number of hydrogen-bond donors (Lipinski definition) is 1. The van der Waals surface area contributed by atoms with Crippen molar-refractivity contribution in [2.75, 3.05) is 0 Å². The second-order valence-electron chi connectivity index (χ2n) is 2.99. The van der Waals surface area contributed by atoms with Gasteiger partial charge in [0.2, 0.25) is 0 Å². The number of rotatable bonds is 0. The molecule has 2 nitrogen and oxygen atoms in total. The summed E-state index contributed by atoms with van der Waals surface area (Å²) in [6.07, 6.45) is 1.84. The van der Waals surface area contributed by atoms with Gasteiger partial charge in [0.25, 0.3) is 0 Å². The Morgan fingerprint density at radius 1 is 1.50 bits per heavy atom. The molecule has 0 aromatic heterocycles. The lowest BCUT2D eigenvalue weighted by Crippen LogP contribution is -2.02. The molecule has 1 rings (SSSR count). The van der Waals surface area contributed by atoms with Crippen LogP contribution in [0.15, 0.2) is 11.8 Å². The molecule has 56 valence electrons. The van der Waals surface area contributed by atoms with E-state index in [4.69, 9.17) is 5.11 Å². The molecule has 1 aliphatic rings. The zero-order chi connectivity index (χ0) is 7.72. The number of carbonyl (C=O) groups is 1. The molecule has 1 saturated carbocycles. The van der Waals surface area contributed by atoms with E-state index in [1.165, 1.54) is 0 Å². The van der Waals surface area contributed by atoms with Gasteiger partial charge in [-0.2, -0.15) is 0 Å². The quantitative estimate of drug-likeness (QED) is 0.410. The normalized spacial score (nSPS) is 37.4. The van der Waals surface area contributed by atoms with Crippen molar-refractivity contribution < 1.29 is 9.90 Å². The summed E-state index contributed by atoms with van der Waals surface area (Å²) in [6.45, 7) is 3.86. The number of ketones is 1. The molecule has 2 atom stereocenters. The number of aliphatic hydroxyl groups is 1. The Morgan fingerprint density at radius 3 is 2.30 bits per heavy atom. The standard InChI is InChI=1S/C8H12O2/c1-5-3-6(2)8(10)7(5)4-9/h4-6,9H,3H2,1-2H3/b7-4+. The number of hydrogen-bond acceptors (Lipinski definition) is 2. The molecule has 1 aliphatic carbocycles. The van der Waals surface area contributed by atoms with E-state index >= 15 is 0 Å². The molecule has 1 N–H and O–H groups in total. The predicted octanol–water partition coefficient (Wildman–Crippen LogP) is 1.67. The van der Waals surface area contributed by atoms with Crippen molar-refractivity contribution in [3.8, 4) is 0 Å². The molecule has 0 aromatic carbocycles. The van der Waals surface area contributed by atoms with Gasteiger partial charge >= 0.3 is 0 Å². The highest BCUT2D eigenvalue weighted by Gasteiger charge is 2.31. The minimum Gasteiger partial charge on any atom is -0.515 e. The van der Waals surface area contributed by atoms with Crippen molar-refractivity contribution in [1.82, 2.24) is 0 Å². The summed E-state index contributed by atoms with van der Waals surface area (Å²) in [4.78, 5) is 11.1. The van der Waals surface area contributed by atoms with Crippen molar-refractivity contribution in [2.45, 2.75) is 20.3 Å². The molecule has 0 spiro atoms. The molecule has 0 radical (unpaired) electrons. The van der Waals surface area contributed by atoms with Crippen LogP contribution in [-0.2, 0) is 4.79 Å². The fourth-order valence-electron chi connectivity index (χ4n) is 1.48. The number of carbonyl (C=O) groups excluding carboxylic acids is 1. The molecule has 0 saturated heterocycles. The topological polar surface area (TPSA) is 37.3 Å². The van der Waals surface area contributed by atoms with Crippen LogP contribution in [0, 0.1) is 11.8 Å². The molecule has 10 heavy (non-hydrogen) atoms. The van der Waals surface area contributed by atoms with Crippen LogP contribution in [0.3, 0.4) is 0 Å². The SMILES string of the molecule is CC1CC(C)/C(=C\O)C1=O. The highest BCUT2D eigenvalue weighted by atomic mass is 16.2. The van der Waals surface area contributed by atoms with E-state index in [0.29, 0.717) is 5.57 Å². The molecule has 0 amide bonds. The van der Waals surface area contributed by atoms with Gasteiger partial charge in [0.15, 0.2) is 5.78 Å². The highest BCUT2D eigenvalue weighted by molar-refractivity contribution is 5.99. The van der Waals surface area contributed by atoms with Gasteiger partial charge in [-0.05, 0) is 12.3 Å². The molecular weight excluding hydrogens is 128 g/mol.